The summed E-state index contributed by atoms with van der Waals surface area (Å²) < 4.78 is 0.904. The van der Waals surface area contributed by atoms with Crippen molar-refractivity contribution in [2.24, 2.45) is 0 Å². The molecule has 0 aliphatic rings. The molecule has 0 saturated carbocycles. The van der Waals surface area contributed by atoms with E-state index in [0.29, 0.717) is 17.9 Å². The van der Waals surface area contributed by atoms with E-state index < -0.39 is 0 Å². The smallest absolute Gasteiger partial charge is 0.224 e. The number of hydrogen-bond donors (Lipinski definition) is 1. The molecule has 0 heterocycles. The van der Waals surface area contributed by atoms with Crippen molar-refractivity contribution < 1.29 is 4.79 Å². The SMILES string of the molecule is CC(C)(C)c1ccc(NC(=O)CCc2cccc(Cl)c2)c(Br)c1. The highest BCUT2D eigenvalue weighted by molar-refractivity contribution is 9.10. The minimum Gasteiger partial charge on any atom is -0.325 e. The maximum Gasteiger partial charge on any atom is 0.224 e. The van der Waals surface area contributed by atoms with Crippen molar-refractivity contribution in [2.75, 3.05) is 5.32 Å². The zero-order chi connectivity index (χ0) is 17.0. The van der Waals surface area contributed by atoms with Gasteiger partial charge < -0.3 is 5.32 Å². The Bertz CT molecular complexity index is 707. The van der Waals surface area contributed by atoms with Gasteiger partial charge in [0.15, 0.2) is 0 Å². The summed E-state index contributed by atoms with van der Waals surface area (Å²) in [6.45, 7) is 6.49. The molecule has 0 aliphatic carbocycles. The standard InChI is InChI=1S/C19H21BrClNO/c1-19(2,3)14-8-9-17(16(20)12-14)22-18(23)10-7-13-5-4-6-15(21)11-13/h4-6,8-9,11-12H,7,10H2,1-3H3,(H,22,23). The first-order valence-corrected chi connectivity index (χ1v) is 8.77. The number of aryl methyl sites for hydroxylation is 1. The number of carbonyl (C=O) groups excluding carboxylic acids is 1. The van der Waals surface area contributed by atoms with Crippen LogP contribution in [0.1, 0.15) is 38.3 Å². The molecule has 0 atom stereocenters. The van der Waals surface area contributed by atoms with Crippen molar-refractivity contribution >= 4 is 39.1 Å². The van der Waals surface area contributed by atoms with E-state index in [1.165, 1.54) is 5.56 Å². The number of nitrogens with one attached hydrogen (secondary N) is 1. The van der Waals surface area contributed by atoms with Crippen molar-refractivity contribution in [2.45, 2.75) is 39.0 Å². The van der Waals surface area contributed by atoms with Gasteiger partial charge in [-0.05, 0) is 63.2 Å². The van der Waals surface area contributed by atoms with Crippen LogP contribution in [-0.2, 0) is 16.6 Å². The number of rotatable bonds is 4. The van der Waals surface area contributed by atoms with Gasteiger partial charge in [0, 0.05) is 15.9 Å². The van der Waals surface area contributed by atoms with E-state index in [4.69, 9.17) is 11.6 Å². The highest BCUT2D eigenvalue weighted by atomic mass is 79.9. The summed E-state index contributed by atoms with van der Waals surface area (Å²) in [4.78, 5) is 12.1. The molecule has 4 heteroatoms. The highest BCUT2D eigenvalue weighted by Crippen LogP contribution is 2.30. The van der Waals surface area contributed by atoms with Crippen molar-refractivity contribution in [1.29, 1.82) is 0 Å². The molecule has 2 aromatic rings. The van der Waals surface area contributed by atoms with Crippen molar-refractivity contribution in [3.8, 4) is 0 Å². The Morgan fingerprint density at radius 3 is 2.52 bits per heavy atom. The first-order valence-electron chi connectivity index (χ1n) is 7.60. The maximum absolute atomic E-state index is 12.1. The second-order valence-electron chi connectivity index (χ2n) is 6.62. The molecule has 0 radical (unpaired) electrons. The van der Waals surface area contributed by atoms with Gasteiger partial charge in [0.2, 0.25) is 5.91 Å². The van der Waals surface area contributed by atoms with Crippen LogP contribution < -0.4 is 5.32 Å². The molecule has 0 saturated heterocycles. The van der Waals surface area contributed by atoms with Gasteiger partial charge in [-0.3, -0.25) is 4.79 Å². The molecule has 122 valence electrons. The lowest BCUT2D eigenvalue weighted by Gasteiger charge is -2.20. The van der Waals surface area contributed by atoms with Gasteiger partial charge in [-0.1, -0.05) is 50.6 Å². The molecule has 2 nitrogen and oxygen atoms in total. The predicted octanol–water partition coefficient (Wildman–Crippen LogP) is 5.97. The monoisotopic (exact) mass is 393 g/mol. The van der Waals surface area contributed by atoms with Gasteiger partial charge >= 0.3 is 0 Å². The van der Waals surface area contributed by atoms with Crippen molar-refractivity contribution in [3.63, 3.8) is 0 Å². The Balaban J connectivity index is 1.98. The predicted molar refractivity (Wildman–Crippen MR) is 101 cm³/mol. The largest absolute Gasteiger partial charge is 0.325 e. The number of amides is 1. The zero-order valence-corrected chi connectivity index (χ0v) is 16.0. The van der Waals surface area contributed by atoms with Crippen molar-refractivity contribution in [3.05, 3.63) is 63.1 Å². The van der Waals surface area contributed by atoms with Crippen molar-refractivity contribution in [1.82, 2.24) is 0 Å². The summed E-state index contributed by atoms with van der Waals surface area (Å²) in [7, 11) is 0. The van der Waals surface area contributed by atoms with E-state index in [2.05, 4.69) is 54.2 Å². The summed E-state index contributed by atoms with van der Waals surface area (Å²) in [6, 6.07) is 13.7. The Morgan fingerprint density at radius 1 is 1.17 bits per heavy atom. The second-order valence-corrected chi connectivity index (χ2v) is 7.91. The van der Waals surface area contributed by atoms with E-state index in [9.17, 15) is 4.79 Å². The molecule has 2 rings (SSSR count). The molecule has 23 heavy (non-hydrogen) atoms. The fraction of sp³-hybridized carbons (Fsp3) is 0.316. The molecule has 0 unspecified atom stereocenters. The summed E-state index contributed by atoms with van der Waals surface area (Å²) in [6.07, 6.45) is 1.10. The average Bonchev–Trinajstić information content (AvgIpc) is 2.46. The van der Waals surface area contributed by atoms with Gasteiger partial charge in [0.25, 0.3) is 0 Å². The lowest BCUT2D eigenvalue weighted by molar-refractivity contribution is -0.116. The third kappa shape index (κ3) is 5.36. The molecule has 0 aromatic heterocycles. The topological polar surface area (TPSA) is 29.1 Å². The summed E-state index contributed by atoms with van der Waals surface area (Å²) >= 11 is 9.50. The fourth-order valence-corrected chi connectivity index (χ4v) is 2.94. The van der Waals surface area contributed by atoms with Crippen LogP contribution in [0, 0.1) is 0 Å². The number of halogens is 2. The first kappa shape index (κ1) is 18.0. The Labute approximate surface area is 151 Å². The minimum atomic E-state index is -0.00539. The third-order valence-corrected chi connectivity index (χ3v) is 4.53. The molecule has 0 spiro atoms. The van der Waals surface area contributed by atoms with Gasteiger partial charge in [0.1, 0.15) is 0 Å². The maximum atomic E-state index is 12.1. The molecular formula is C19H21BrClNO. The second kappa shape index (κ2) is 7.50. The van der Waals surface area contributed by atoms with E-state index in [1.54, 1.807) is 0 Å². The third-order valence-electron chi connectivity index (χ3n) is 3.64. The van der Waals surface area contributed by atoms with Crippen LogP contribution in [0.2, 0.25) is 5.02 Å². The first-order chi connectivity index (χ1) is 10.8. The quantitative estimate of drug-likeness (QED) is 0.680. The number of hydrogen-bond acceptors (Lipinski definition) is 1. The Morgan fingerprint density at radius 2 is 1.91 bits per heavy atom. The van der Waals surface area contributed by atoms with Crippen LogP contribution >= 0.6 is 27.5 Å². The van der Waals surface area contributed by atoms with Crippen LogP contribution in [0.5, 0.6) is 0 Å². The Kier molecular flexibility index (Phi) is 5.88. The molecule has 1 N–H and O–H groups in total. The molecular weight excluding hydrogens is 374 g/mol. The number of benzene rings is 2. The number of anilines is 1. The fourth-order valence-electron chi connectivity index (χ4n) is 2.25. The average molecular weight is 395 g/mol. The normalized spacial score (nSPS) is 11.3. The van der Waals surface area contributed by atoms with E-state index in [-0.39, 0.29) is 11.3 Å². The van der Waals surface area contributed by atoms with E-state index >= 15 is 0 Å². The lowest BCUT2D eigenvalue weighted by Crippen LogP contribution is -2.14. The molecule has 1 amide bonds. The minimum absolute atomic E-state index is 0.00539. The van der Waals surface area contributed by atoms with Crippen LogP contribution in [-0.4, -0.2) is 5.91 Å². The summed E-state index contributed by atoms with van der Waals surface area (Å²) in [5.41, 5.74) is 3.17. The van der Waals surface area contributed by atoms with Gasteiger partial charge in [-0.15, -0.1) is 0 Å². The molecule has 0 fully saturated rings. The lowest BCUT2D eigenvalue weighted by atomic mass is 9.87. The molecule has 0 bridgehead atoms. The molecule has 2 aromatic carbocycles. The van der Waals surface area contributed by atoms with Crippen LogP contribution in [0.15, 0.2) is 46.9 Å². The van der Waals surface area contributed by atoms with Crippen LogP contribution in [0.25, 0.3) is 0 Å². The van der Waals surface area contributed by atoms with Crippen LogP contribution in [0.3, 0.4) is 0 Å². The van der Waals surface area contributed by atoms with Gasteiger partial charge in [0.05, 0.1) is 5.69 Å². The van der Waals surface area contributed by atoms with Crippen LogP contribution in [0.4, 0.5) is 5.69 Å². The summed E-state index contributed by atoms with van der Waals surface area (Å²) in [5, 5.41) is 3.65. The zero-order valence-electron chi connectivity index (χ0n) is 13.6. The summed E-state index contributed by atoms with van der Waals surface area (Å²) in [5.74, 6) is -0.00539. The number of carbonyl (C=O) groups is 1. The highest BCUT2D eigenvalue weighted by Gasteiger charge is 2.15. The Hall–Kier alpha value is -1.32. The van der Waals surface area contributed by atoms with Gasteiger partial charge in [-0.2, -0.15) is 0 Å². The van der Waals surface area contributed by atoms with E-state index in [0.717, 1.165) is 15.7 Å². The van der Waals surface area contributed by atoms with E-state index in [1.807, 2.05) is 30.3 Å². The molecule has 0 aliphatic heterocycles. The van der Waals surface area contributed by atoms with Gasteiger partial charge in [-0.25, -0.2) is 0 Å².